The van der Waals surface area contributed by atoms with Crippen molar-refractivity contribution in [2.45, 2.75) is 33.7 Å². The average molecular weight is 296 g/mol. The number of ether oxygens (including phenoxy) is 1. The quantitative estimate of drug-likeness (QED) is 0.736. The van der Waals surface area contributed by atoms with Gasteiger partial charge < -0.3 is 15.4 Å². The number of halogens is 1. The van der Waals surface area contributed by atoms with Crippen LogP contribution in [0.4, 0.5) is 4.39 Å². The van der Waals surface area contributed by atoms with Gasteiger partial charge in [-0.1, -0.05) is 20.8 Å². The molecule has 0 bridgehead atoms. The molecule has 0 aromatic heterocycles. The van der Waals surface area contributed by atoms with Crippen molar-refractivity contribution in [2.24, 2.45) is 5.92 Å². The molecule has 0 heterocycles. The molecule has 0 aliphatic heterocycles. The van der Waals surface area contributed by atoms with E-state index in [1.54, 1.807) is 6.07 Å². The molecule has 4 nitrogen and oxygen atoms in total. The Morgan fingerprint density at radius 2 is 2.14 bits per heavy atom. The van der Waals surface area contributed by atoms with Gasteiger partial charge in [0, 0.05) is 18.7 Å². The summed E-state index contributed by atoms with van der Waals surface area (Å²) in [4.78, 5) is 11.5. The normalized spacial score (nSPS) is 10.7. The summed E-state index contributed by atoms with van der Waals surface area (Å²) in [5, 5.41) is 5.98. The molecular formula is C16H25FN2O2. The second kappa shape index (κ2) is 9.34. The first kappa shape index (κ1) is 17.4. The summed E-state index contributed by atoms with van der Waals surface area (Å²) in [5.74, 6) is 0.587. The van der Waals surface area contributed by atoms with Gasteiger partial charge in [-0.25, -0.2) is 4.39 Å². The molecule has 0 unspecified atom stereocenters. The molecule has 0 aliphatic rings. The third kappa shape index (κ3) is 7.09. The third-order valence-electron chi connectivity index (χ3n) is 2.82. The Morgan fingerprint density at radius 1 is 1.38 bits per heavy atom. The van der Waals surface area contributed by atoms with E-state index in [9.17, 15) is 9.18 Å². The summed E-state index contributed by atoms with van der Waals surface area (Å²) < 4.78 is 18.8. The van der Waals surface area contributed by atoms with Gasteiger partial charge in [0.25, 0.3) is 5.91 Å². The van der Waals surface area contributed by atoms with Crippen molar-refractivity contribution in [2.75, 3.05) is 19.7 Å². The fourth-order valence-electron chi connectivity index (χ4n) is 1.78. The van der Waals surface area contributed by atoms with Gasteiger partial charge in [0.2, 0.25) is 0 Å². The smallest absolute Gasteiger partial charge is 0.257 e. The molecule has 1 rings (SSSR count). The van der Waals surface area contributed by atoms with E-state index in [0.717, 1.165) is 18.5 Å². The van der Waals surface area contributed by atoms with Crippen molar-refractivity contribution in [1.82, 2.24) is 10.6 Å². The Labute approximate surface area is 126 Å². The fourth-order valence-corrected chi connectivity index (χ4v) is 1.78. The maximum Gasteiger partial charge on any atom is 0.257 e. The molecule has 0 radical (unpaired) electrons. The first-order chi connectivity index (χ1) is 10.0. The van der Waals surface area contributed by atoms with E-state index in [-0.39, 0.29) is 18.3 Å². The zero-order chi connectivity index (χ0) is 15.7. The van der Waals surface area contributed by atoms with Crippen molar-refractivity contribution in [1.29, 1.82) is 0 Å². The van der Waals surface area contributed by atoms with Crippen LogP contribution < -0.4 is 15.4 Å². The van der Waals surface area contributed by atoms with E-state index in [0.29, 0.717) is 24.8 Å². The van der Waals surface area contributed by atoms with Gasteiger partial charge in [-0.2, -0.15) is 0 Å². The summed E-state index contributed by atoms with van der Waals surface area (Å²) in [7, 11) is 0. The van der Waals surface area contributed by atoms with Crippen molar-refractivity contribution < 1.29 is 13.9 Å². The molecule has 0 aliphatic carbocycles. The van der Waals surface area contributed by atoms with Crippen LogP contribution in [-0.2, 0) is 11.3 Å². The predicted octanol–water partition coefficient (Wildman–Crippen LogP) is 2.48. The van der Waals surface area contributed by atoms with Crippen LogP contribution in [-0.4, -0.2) is 25.6 Å². The SMILES string of the molecule is CCCNC(=O)COc1ccc(F)cc1CNCC(C)C. The van der Waals surface area contributed by atoms with Crippen molar-refractivity contribution in [3.05, 3.63) is 29.6 Å². The molecule has 1 aromatic rings. The van der Waals surface area contributed by atoms with Crippen molar-refractivity contribution in [3.63, 3.8) is 0 Å². The Morgan fingerprint density at radius 3 is 2.81 bits per heavy atom. The highest BCUT2D eigenvalue weighted by Crippen LogP contribution is 2.19. The molecule has 2 N–H and O–H groups in total. The van der Waals surface area contributed by atoms with Gasteiger partial charge in [-0.05, 0) is 37.1 Å². The molecule has 1 amide bonds. The minimum Gasteiger partial charge on any atom is -0.483 e. The van der Waals surface area contributed by atoms with E-state index < -0.39 is 0 Å². The molecule has 0 fully saturated rings. The Kier molecular flexibility index (Phi) is 7.75. The van der Waals surface area contributed by atoms with Crippen LogP contribution in [0.3, 0.4) is 0 Å². The second-order valence-electron chi connectivity index (χ2n) is 5.42. The van der Waals surface area contributed by atoms with E-state index in [2.05, 4.69) is 24.5 Å². The van der Waals surface area contributed by atoms with Gasteiger partial charge >= 0.3 is 0 Å². The van der Waals surface area contributed by atoms with E-state index >= 15 is 0 Å². The van der Waals surface area contributed by atoms with E-state index in [4.69, 9.17) is 4.74 Å². The Balaban J connectivity index is 2.57. The monoisotopic (exact) mass is 296 g/mol. The zero-order valence-corrected chi connectivity index (χ0v) is 13.0. The zero-order valence-electron chi connectivity index (χ0n) is 13.0. The van der Waals surface area contributed by atoms with Crippen LogP contribution in [0.25, 0.3) is 0 Å². The highest BCUT2D eigenvalue weighted by atomic mass is 19.1. The first-order valence-electron chi connectivity index (χ1n) is 7.41. The molecule has 5 heteroatoms. The predicted molar refractivity (Wildman–Crippen MR) is 81.7 cm³/mol. The molecule has 0 atom stereocenters. The van der Waals surface area contributed by atoms with Crippen LogP contribution in [0.1, 0.15) is 32.8 Å². The minimum absolute atomic E-state index is 0.0528. The van der Waals surface area contributed by atoms with Gasteiger partial charge in [-0.15, -0.1) is 0 Å². The number of carbonyl (C=O) groups excluding carboxylic acids is 1. The number of rotatable bonds is 9. The van der Waals surface area contributed by atoms with E-state index in [1.807, 2.05) is 6.92 Å². The highest BCUT2D eigenvalue weighted by molar-refractivity contribution is 5.77. The number of hydrogen-bond donors (Lipinski definition) is 2. The van der Waals surface area contributed by atoms with Crippen LogP contribution in [0.2, 0.25) is 0 Å². The highest BCUT2D eigenvalue weighted by Gasteiger charge is 2.08. The topological polar surface area (TPSA) is 50.4 Å². The van der Waals surface area contributed by atoms with Gasteiger partial charge in [0.15, 0.2) is 6.61 Å². The molecule has 1 aromatic carbocycles. The Hall–Kier alpha value is -1.62. The maximum absolute atomic E-state index is 13.3. The fraction of sp³-hybridized carbons (Fsp3) is 0.562. The maximum atomic E-state index is 13.3. The number of benzene rings is 1. The largest absolute Gasteiger partial charge is 0.483 e. The van der Waals surface area contributed by atoms with Crippen LogP contribution >= 0.6 is 0 Å². The van der Waals surface area contributed by atoms with Crippen LogP contribution in [0.15, 0.2) is 18.2 Å². The minimum atomic E-state index is -0.306. The lowest BCUT2D eigenvalue weighted by atomic mass is 10.1. The lowest BCUT2D eigenvalue weighted by Crippen LogP contribution is -2.29. The molecule has 0 saturated carbocycles. The summed E-state index contributed by atoms with van der Waals surface area (Å²) in [6.45, 7) is 8.13. The third-order valence-corrected chi connectivity index (χ3v) is 2.82. The lowest BCUT2D eigenvalue weighted by Gasteiger charge is -2.13. The second-order valence-corrected chi connectivity index (χ2v) is 5.42. The van der Waals surface area contributed by atoms with Crippen molar-refractivity contribution >= 4 is 5.91 Å². The van der Waals surface area contributed by atoms with Gasteiger partial charge in [0.05, 0.1) is 0 Å². The molecule has 21 heavy (non-hydrogen) atoms. The van der Waals surface area contributed by atoms with E-state index in [1.165, 1.54) is 12.1 Å². The lowest BCUT2D eigenvalue weighted by molar-refractivity contribution is -0.123. The summed E-state index contributed by atoms with van der Waals surface area (Å²) >= 11 is 0. The molecule has 118 valence electrons. The summed E-state index contributed by atoms with van der Waals surface area (Å²) in [6, 6.07) is 4.34. The summed E-state index contributed by atoms with van der Waals surface area (Å²) in [6.07, 6.45) is 0.882. The van der Waals surface area contributed by atoms with Gasteiger partial charge in [-0.3, -0.25) is 4.79 Å². The number of hydrogen-bond acceptors (Lipinski definition) is 3. The van der Waals surface area contributed by atoms with Gasteiger partial charge in [0.1, 0.15) is 11.6 Å². The number of nitrogens with one attached hydrogen (secondary N) is 2. The van der Waals surface area contributed by atoms with Crippen molar-refractivity contribution in [3.8, 4) is 5.75 Å². The standard InChI is InChI=1S/C16H25FN2O2/c1-4-7-19-16(20)11-21-15-6-5-14(17)8-13(15)10-18-9-12(2)3/h5-6,8,12,18H,4,7,9-11H2,1-3H3,(H,19,20). The van der Waals surface area contributed by atoms with Crippen LogP contribution in [0.5, 0.6) is 5.75 Å². The summed E-state index contributed by atoms with van der Waals surface area (Å²) in [5.41, 5.74) is 0.721. The molecular weight excluding hydrogens is 271 g/mol. The van der Waals surface area contributed by atoms with Crippen LogP contribution in [0, 0.1) is 11.7 Å². The molecule has 0 saturated heterocycles. The average Bonchev–Trinajstić information content (AvgIpc) is 2.43. The molecule has 0 spiro atoms. The Bertz CT molecular complexity index is 450. The first-order valence-corrected chi connectivity index (χ1v) is 7.41. The number of carbonyl (C=O) groups is 1. The number of amides is 1.